The predicted octanol–water partition coefficient (Wildman–Crippen LogP) is 1.61. The number of thiophene rings is 1. The summed E-state index contributed by atoms with van der Waals surface area (Å²) in [5, 5.41) is 14.5. The van der Waals surface area contributed by atoms with Gasteiger partial charge in [0.1, 0.15) is 11.4 Å². The number of carbonyl (C=O) groups excluding carboxylic acids is 1. The Hall–Kier alpha value is -2.22. The van der Waals surface area contributed by atoms with E-state index in [0.717, 1.165) is 19.3 Å². The zero-order valence-corrected chi connectivity index (χ0v) is 14.0. The highest BCUT2D eigenvalue weighted by Crippen LogP contribution is 2.35. The number of fused-ring (bicyclic) bond motifs is 1. The monoisotopic (exact) mass is 349 g/mol. The molecule has 0 unspecified atom stereocenters. The van der Waals surface area contributed by atoms with Gasteiger partial charge in [0.2, 0.25) is 5.91 Å². The summed E-state index contributed by atoms with van der Waals surface area (Å²) in [7, 11) is 0. The number of hydrogen-bond donors (Lipinski definition) is 2. The van der Waals surface area contributed by atoms with Crippen molar-refractivity contribution < 1.29 is 14.7 Å². The summed E-state index contributed by atoms with van der Waals surface area (Å²) in [5.74, 6) is -1.24. The van der Waals surface area contributed by atoms with E-state index in [9.17, 15) is 19.5 Å². The molecule has 2 aromatic rings. The quantitative estimate of drug-likeness (QED) is 0.854. The van der Waals surface area contributed by atoms with Crippen molar-refractivity contribution in [2.75, 3.05) is 6.54 Å². The van der Waals surface area contributed by atoms with E-state index in [0.29, 0.717) is 23.1 Å². The number of carbonyl (C=O) groups is 2. The molecule has 128 valence electrons. The van der Waals surface area contributed by atoms with Crippen molar-refractivity contribution in [2.45, 2.75) is 38.6 Å². The molecule has 1 fully saturated rings. The van der Waals surface area contributed by atoms with Crippen LogP contribution in [0.4, 0.5) is 0 Å². The third kappa shape index (κ3) is 3.19. The number of carboxylic acid groups (broad SMARTS) is 1. The molecule has 1 amide bonds. The fourth-order valence-electron chi connectivity index (χ4n) is 3.18. The summed E-state index contributed by atoms with van der Waals surface area (Å²) in [6.07, 6.45) is 5.26. The molecule has 0 bridgehead atoms. The smallest absolute Gasteiger partial charge is 0.311 e. The fourth-order valence-corrected chi connectivity index (χ4v) is 3.90. The van der Waals surface area contributed by atoms with Gasteiger partial charge in [-0.05, 0) is 24.3 Å². The van der Waals surface area contributed by atoms with Crippen LogP contribution in [0.25, 0.3) is 10.2 Å². The molecule has 0 radical (unpaired) electrons. The Morgan fingerprint density at radius 1 is 1.33 bits per heavy atom. The zero-order valence-electron chi connectivity index (χ0n) is 13.2. The molecule has 24 heavy (non-hydrogen) atoms. The number of nitrogens with zero attached hydrogens (tertiary/aromatic N) is 2. The van der Waals surface area contributed by atoms with Crippen LogP contribution >= 0.6 is 11.3 Å². The van der Waals surface area contributed by atoms with Gasteiger partial charge in [0.15, 0.2) is 0 Å². The standard InChI is InChI=1S/C16H19N3O4S/c20-12(17-9-16(15(22)23)5-2-1-3-6-16)8-19-10-18-13-11(14(19)21)4-7-24-13/h4,7,10H,1-3,5-6,8-9H2,(H,17,20)(H,22,23). The number of amides is 1. The lowest BCUT2D eigenvalue weighted by Crippen LogP contribution is -2.45. The molecule has 0 aliphatic heterocycles. The molecule has 2 aromatic heterocycles. The SMILES string of the molecule is O=C(Cn1cnc2sccc2c1=O)NCC1(C(=O)O)CCCCC1. The van der Waals surface area contributed by atoms with Gasteiger partial charge in [-0.15, -0.1) is 11.3 Å². The molecule has 7 nitrogen and oxygen atoms in total. The van der Waals surface area contributed by atoms with E-state index in [1.54, 1.807) is 11.4 Å². The maximum absolute atomic E-state index is 12.3. The van der Waals surface area contributed by atoms with Crippen LogP contribution in [0.3, 0.4) is 0 Å². The molecule has 0 atom stereocenters. The zero-order chi connectivity index (χ0) is 17.2. The highest BCUT2D eigenvalue weighted by Gasteiger charge is 2.39. The van der Waals surface area contributed by atoms with Crippen LogP contribution in [0.2, 0.25) is 0 Å². The van der Waals surface area contributed by atoms with Gasteiger partial charge in [-0.25, -0.2) is 4.98 Å². The normalized spacial score (nSPS) is 16.8. The van der Waals surface area contributed by atoms with Crippen molar-refractivity contribution in [1.82, 2.24) is 14.9 Å². The predicted molar refractivity (Wildman–Crippen MR) is 90.0 cm³/mol. The topological polar surface area (TPSA) is 101 Å². The second-order valence-corrected chi connectivity index (χ2v) is 7.13. The number of nitrogens with one attached hydrogen (secondary N) is 1. The Morgan fingerprint density at radius 3 is 2.79 bits per heavy atom. The van der Waals surface area contributed by atoms with E-state index in [1.807, 2.05) is 0 Å². The molecule has 0 aromatic carbocycles. The molecule has 1 aliphatic carbocycles. The van der Waals surface area contributed by atoms with Crippen LogP contribution in [0, 0.1) is 5.41 Å². The molecule has 0 spiro atoms. The second kappa shape index (κ2) is 6.72. The number of carboxylic acids is 1. The van der Waals surface area contributed by atoms with Crippen LogP contribution in [-0.4, -0.2) is 33.1 Å². The second-order valence-electron chi connectivity index (χ2n) is 6.24. The van der Waals surface area contributed by atoms with Gasteiger partial charge in [-0.1, -0.05) is 19.3 Å². The minimum absolute atomic E-state index is 0.101. The molecule has 8 heteroatoms. The van der Waals surface area contributed by atoms with Gasteiger partial charge in [-0.3, -0.25) is 19.0 Å². The summed E-state index contributed by atoms with van der Waals surface area (Å²) in [4.78, 5) is 40.8. The minimum Gasteiger partial charge on any atom is -0.481 e. The van der Waals surface area contributed by atoms with E-state index >= 15 is 0 Å². The summed E-state index contributed by atoms with van der Waals surface area (Å²) >= 11 is 1.37. The lowest BCUT2D eigenvalue weighted by Gasteiger charge is -2.33. The van der Waals surface area contributed by atoms with E-state index in [-0.39, 0.29) is 24.6 Å². The first-order valence-electron chi connectivity index (χ1n) is 7.95. The van der Waals surface area contributed by atoms with Gasteiger partial charge in [0, 0.05) is 6.54 Å². The van der Waals surface area contributed by atoms with Crippen LogP contribution in [0.1, 0.15) is 32.1 Å². The van der Waals surface area contributed by atoms with E-state index in [4.69, 9.17) is 0 Å². The van der Waals surface area contributed by atoms with Gasteiger partial charge in [0.05, 0.1) is 17.1 Å². The van der Waals surface area contributed by atoms with Gasteiger partial charge in [0.25, 0.3) is 5.56 Å². The molecule has 1 aliphatic rings. The van der Waals surface area contributed by atoms with Crippen molar-refractivity contribution in [3.05, 3.63) is 28.1 Å². The Morgan fingerprint density at radius 2 is 2.08 bits per heavy atom. The van der Waals surface area contributed by atoms with Crippen molar-refractivity contribution in [3.8, 4) is 0 Å². The maximum atomic E-state index is 12.3. The molecule has 2 N–H and O–H groups in total. The Balaban J connectivity index is 1.67. The third-order valence-electron chi connectivity index (χ3n) is 4.65. The van der Waals surface area contributed by atoms with Gasteiger partial charge in [-0.2, -0.15) is 0 Å². The fraction of sp³-hybridized carbons (Fsp3) is 0.500. The lowest BCUT2D eigenvalue weighted by atomic mass is 9.74. The number of aromatic nitrogens is 2. The molecular weight excluding hydrogens is 330 g/mol. The highest BCUT2D eigenvalue weighted by atomic mass is 32.1. The van der Waals surface area contributed by atoms with Crippen LogP contribution in [0.5, 0.6) is 0 Å². The first-order valence-corrected chi connectivity index (χ1v) is 8.83. The van der Waals surface area contributed by atoms with Gasteiger partial charge >= 0.3 is 5.97 Å². The lowest BCUT2D eigenvalue weighted by molar-refractivity contribution is -0.151. The highest BCUT2D eigenvalue weighted by molar-refractivity contribution is 7.16. The molecule has 2 heterocycles. The Labute approximate surface area is 142 Å². The van der Waals surface area contributed by atoms with Gasteiger partial charge < -0.3 is 10.4 Å². The molecular formula is C16H19N3O4S. The largest absolute Gasteiger partial charge is 0.481 e. The van der Waals surface area contributed by atoms with Crippen molar-refractivity contribution in [3.63, 3.8) is 0 Å². The molecule has 3 rings (SSSR count). The summed E-state index contributed by atoms with van der Waals surface area (Å²) in [6, 6.07) is 1.69. The van der Waals surface area contributed by atoms with Crippen LogP contribution in [0.15, 0.2) is 22.6 Å². The average Bonchev–Trinajstić information content (AvgIpc) is 3.06. The average molecular weight is 349 g/mol. The first-order chi connectivity index (χ1) is 11.5. The summed E-state index contributed by atoms with van der Waals surface area (Å²) in [5.41, 5.74) is -1.14. The number of hydrogen-bond acceptors (Lipinski definition) is 5. The van der Waals surface area contributed by atoms with Crippen molar-refractivity contribution in [1.29, 1.82) is 0 Å². The van der Waals surface area contributed by atoms with Crippen LogP contribution in [-0.2, 0) is 16.1 Å². The minimum atomic E-state index is -0.881. The van der Waals surface area contributed by atoms with Crippen molar-refractivity contribution in [2.24, 2.45) is 5.41 Å². The van der Waals surface area contributed by atoms with Crippen molar-refractivity contribution >= 4 is 33.4 Å². The van der Waals surface area contributed by atoms with E-state index < -0.39 is 11.4 Å². The third-order valence-corrected chi connectivity index (χ3v) is 5.47. The number of aliphatic carboxylic acids is 1. The summed E-state index contributed by atoms with van der Waals surface area (Å²) in [6.45, 7) is -0.0582. The molecule has 0 saturated heterocycles. The molecule has 1 saturated carbocycles. The Bertz CT molecular complexity index is 820. The van der Waals surface area contributed by atoms with E-state index in [2.05, 4.69) is 10.3 Å². The maximum Gasteiger partial charge on any atom is 0.311 e. The summed E-state index contributed by atoms with van der Waals surface area (Å²) < 4.78 is 1.25. The Kier molecular flexibility index (Phi) is 4.66. The number of rotatable bonds is 5. The first kappa shape index (κ1) is 16.6. The van der Waals surface area contributed by atoms with E-state index in [1.165, 1.54) is 22.2 Å². The van der Waals surface area contributed by atoms with Crippen LogP contribution < -0.4 is 10.9 Å².